The number of hydrogen-bond donors (Lipinski definition) is 1. The number of halogens is 1. The normalized spacial score (nSPS) is 15.0. The standard InChI is InChI=1S/C19H30N4O4.HI/c1-19(2,3)27-18(24)23-11-9-22(10-12-23)17(20)21-13-14-7-6-8-15(25-4)16(14)26-5;/h6-8H,9-13H2,1-5H3,(H2,20,21);1H. The van der Waals surface area contributed by atoms with E-state index >= 15 is 0 Å². The molecular formula is C19H31IN4O4. The Morgan fingerprint density at radius 1 is 1.11 bits per heavy atom. The van der Waals surface area contributed by atoms with Crippen LogP contribution >= 0.6 is 24.0 Å². The molecule has 1 aliphatic heterocycles. The maximum Gasteiger partial charge on any atom is 0.410 e. The number of nitrogens with two attached hydrogens (primary N) is 1. The third-order valence-electron chi connectivity index (χ3n) is 4.15. The molecule has 2 rings (SSSR count). The van der Waals surface area contributed by atoms with Crippen molar-refractivity contribution in [3.05, 3.63) is 23.8 Å². The lowest BCUT2D eigenvalue weighted by Gasteiger charge is -2.36. The molecule has 1 heterocycles. The number of nitrogens with zero attached hydrogens (tertiary/aromatic N) is 3. The smallest absolute Gasteiger partial charge is 0.410 e. The fraction of sp³-hybridized carbons (Fsp3) is 0.579. The van der Waals surface area contributed by atoms with Crippen molar-refractivity contribution in [1.29, 1.82) is 0 Å². The second-order valence-corrected chi connectivity index (χ2v) is 7.28. The quantitative estimate of drug-likeness (QED) is 0.384. The fourth-order valence-corrected chi connectivity index (χ4v) is 2.79. The van der Waals surface area contributed by atoms with Gasteiger partial charge in [-0.25, -0.2) is 9.79 Å². The Bertz CT molecular complexity index is 683. The lowest BCUT2D eigenvalue weighted by Crippen LogP contribution is -2.53. The van der Waals surface area contributed by atoms with Gasteiger partial charge < -0.3 is 29.7 Å². The van der Waals surface area contributed by atoms with Crippen molar-refractivity contribution in [2.45, 2.75) is 32.9 Å². The number of amides is 1. The number of guanidine groups is 1. The first-order valence-electron chi connectivity index (χ1n) is 8.98. The van der Waals surface area contributed by atoms with E-state index in [1.807, 2.05) is 43.9 Å². The fourth-order valence-electron chi connectivity index (χ4n) is 2.79. The summed E-state index contributed by atoms with van der Waals surface area (Å²) in [6, 6.07) is 5.66. The SMILES string of the molecule is COc1cccc(CN=C(N)N2CCN(C(=O)OC(C)(C)C)CC2)c1OC.I. The van der Waals surface area contributed by atoms with Crippen LogP contribution in [0.1, 0.15) is 26.3 Å². The highest BCUT2D eigenvalue weighted by Gasteiger charge is 2.26. The molecule has 1 amide bonds. The minimum atomic E-state index is -0.496. The summed E-state index contributed by atoms with van der Waals surface area (Å²) >= 11 is 0. The molecule has 1 aromatic carbocycles. The number of rotatable bonds is 4. The van der Waals surface area contributed by atoms with Crippen molar-refractivity contribution < 1.29 is 19.0 Å². The van der Waals surface area contributed by atoms with Crippen molar-refractivity contribution >= 4 is 36.0 Å². The topological polar surface area (TPSA) is 89.6 Å². The lowest BCUT2D eigenvalue weighted by atomic mass is 10.2. The molecule has 1 fully saturated rings. The molecule has 158 valence electrons. The molecule has 0 aromatic heterocycles. The largest absolute Gasteiger partial charge is 0.493 e. The Morgan fingerprint density at radius 3 is 2.25 bits per heavy atom. The minimum absolute atomic E-state index is 0. The van der Waals surface area contributed by atoms with E-state index in [1.54, 1.807) is 19.1 Å². The molecule has 1 aliphatic rings. The Morgan fingerprint density at radius 2 is 1.71 bits per heavy atom. The van der Waals surface area contributed by atoms with E-state index in [0.29, 0.717) is 50.2 Å². The maximum absolute atomic E-state index is 12.1. The summed E-state index contributed by atoms with van der Waals surface area (Å²) in [6.07, 6.45) is -0.293. The van der Waals surface area contributed by atoms with Crippen molar-refractivity contribution in [1.82, 2.24) is 9.80 Å². The van der Waals surface area contributed by atoms with Gasteiger partial charge in [0.05, 0.1) is 20.8 Å². The second-order valence-electron chi connectivity index (χ2n) is 7.28. The summed E-state index contributed by atoms with van der Waals surface area (Å²) in [4.78, 5) is 20.3. The number of piperazine rings is 1. The summed E-state index contributed by atoms with van der Waals surface area (Å²) in [5, 5.41) is 0. The molecule has 0 saturated carbocycles. The van der Waals surface area contributed by atoms with Crippen LogP contribution in [0.15, 0.2) is 23.2 Å². The monoisotopic (exact) mass is 506 g/mol. The molecule has 2 N–H and O–H groups in total. The van der Waals surface area contributed by atoms with Gasteiger partial charge in [-0.1, -0.05) is 12.1 Å². The predicted octanol–water partition coefficient (Wildman–Crippen LogP) is 2.69. The summed E-state index contributed by atoms with van der Waals surface area (Å²) in [7, 11) is 3.20. The van der Waals surface area contributed by atoms with Gasteiger partial charge in [0.25, 0.3) is 0 Å². The lowest BCUT2D eigenvalue weighted by molar-refractivity contribution is 0.0186. The molecular weight excluding hydrogens is 475 g/mol. The van der Waals surface area contributed by atoms with Gasteiger partial charge >= 0.3 is 6.09 Å². The number of benzene rings is 1. The number of carbonyl (C=O) groups is 1. The van der Waals surface area contributed by atoms with Gasteiger partial charge in [0.1, 0.15) is 5.60 Å². The summed E-state index contributed by atoms with van der Waals surface area (Å²) < 4.78 is 16.1. The molecule has 1 aromatic rings. The van der Waals surface area contributed by atoms with E-state index < -0.39 is 5.60 Å². The molecule has 0 aliphatic carbocycles. The second kappa shape index (κ2) is 10.6. The van der Waals surface area contributed by atoms with Crippen LogP contribution in [0, 0.1) is 0 Å². The third-order valence-corrected chi connectivity index (χ3v) is 4.15. The van der Waals surface area contributed by atoms with E-state index in [4.69, 9.17) is 19.9 Å². The van der Waals surface area contributed by atoms with Crippen molar-refractivity contribution in [2.24, 2.45) is 10.7 Å². The van der Waals surface area contributed by atoms with Gasteiger partial charge in [0, 0.05) is 31.7 Å². The van der Waals surface area contributed by atoms with E-state index in [2.05, 4.69) is 4.99 Å². The zero-order chi connectivity index (χ0) is 20.0. The Labute approximate surface area is 184 Å². The minimum Gasteiger partial charge on any atom is -0.493 e. The molecule has 0 spiro atoms. The Balaban J connectivity index is 0.00000392. The molecule has 0 atom stereocenters. The van der Waals surface area contributed by atoms with Crippen LogP contribution in [0.25, 0.3) is 0 Å². The van der Waals surface area contributed by atoms with E-state index in [0.717, 1.165) is 5.56 Å². The molecule has 0 bridgehead atoms. The third kappa shape index (κ3) is 6.61. The van der Waals surface area contributed by atoms with E-state index in [-0.39, 0.29) is 30.1 Å². The average molecular weight is 506 g/mol. The highest BCUT2D eigenvalue weighted by Crippen LogP contribution is 2.31. The number of methoxy groups -OCH3 is 2. The highest BCUT2D eigenvalue weighted by atomic mass is 127. The molecule has 0 unspecified atom stereocenters. The van der Waals surface area contributed by atoms with Gasteiger partial charge in [0.2, 0.25) is 0 Å². The Kier molecular flexibility index (Phi) is 9.12. The molecule has 28 heavy (non-hydrogen) atoms. The van der Waals surface area contributed by atoms with Crippen molar-refractivity contribution in [2.75, 3.05) is 40.4 Å². The summed E-state index contributed by atoms with van der Waals surface area (Å²) in [5.74, 6) is 1.77. The average Bonchev–Trinajstić information content (AvgIpc) is 2.64. The molecule has 9 heteroatoms. The van der Waals surface area contributed by atoms with E-state index in [1.165, 1.54) is 0 Å². The van der Waals surface area contributed by atoms with Gasteiger partial charge in [-0.2, -0.15) is 0 Å². The van der Waals surface area contributed by atoms with Crippen LogP contribution in [-0.2, 0) is 11.3 Å². The first-order chi connectivity index (χ1) is 12.7. The summed E-state index contributed by atoms with van der Waals surface area (Å²) in [6.45, 7) is 8.29. The number of ether oxygens (including phenoxy) is 3. The van der Waals surface area contributed by atoms with Crippen LogP contribution in [0.5, 0.6) is 11.5 Å². The number of carbonyl (C=O) groups excluding carboxylic acids is 1. The zero-order valence-electron chi connectivity index (χ0n) is 17.2. The summed E-state index contributed by atoms with van der Waals surface area (Å²) in [5.41, 5.74) is 6.55. The van der Waals surface area contributed by atoms with Crippen LogP contribution in [-0.4, -0.2) is 67.9 Å². The zero-order valence-corrected chi connectivity index (χ0v) is 19.6. The first-order valence-corrected chi connectivity index (χ1v) is 8.98. The predicted molar refractivity (Wildman–Crippen MR) is 120 cm³/mol. The van der Waals surface area contributed by atoms with Crippen LogP contribution in [0.3, 0.4) is 0 Å². The maximum atomic E-state index is 12.1. The van der Waals surface area contributed by atoms with Gasteiger partial charge in [0.15, 0.2) is 17.5 Å². The van der Waals surface area contributed by atoms with Gasteiger partial charge in [-0.05, 0) is 26.8 Å². The van der Waals surface area contributed by atoms with Gasteiger partial charge in [-0.3, -0.25) is 0 Å². The highest BCUT2D eigenvalue weighted by molar-refractivity contribution is 14.0. The first kappa shape index (κ1) is 24.1. The number of aliphatic imine (C=N–C) groups is 1. The van der Waals surface area contributed by atoms with Crippen molar-refractivity contribution in [3.8, 4) is 11.5 Å². The van der Waals surface area contributed by atoms with Gasteiger partial charge in [-0.15, -0.1) is 24.0 Å². The van der Waals surface area contributed by atoms with E-state index in [9.17, 15) is 4.79 Å². The van der Waals surface area contributed by atoms with Crippen LogP contribution < -0.4 is 15.2 Å². The molecule has 1 saturated heterocycles. The molecule has 0 radical (unpaired) electrons. The molecule has 8 nitrogen and oxygen atoms in total. The van der Waals surface area contributed by atoms with Crippen LogP contribution in [0.4, 0.5) is 4.79 Å². The van der Waals surface area contributed by atoms with Crippen molar-refractivity contribution in [3.63, 3.8) is 0 Å². The van der Waals surface area contributed by atoms with Crippen LogP contribution in [0.2, 0.25) is 0 Å². The number of para-hydroxylation sites is 1. The number of hydrogen-bond acceptors (Lipinski definition) is 5. The Hall–Kier alpha value is -1.91.